The van der Waals surface area contributed by atoms with Gasteiger partial charge in [0.1, 0.15) is 11.8 Å². The summed E-state index contributed by atoms with van der Waals surface area (Å²) in [5, 5.41) is 3.53. The number of hydrogen-bond acceptors (Lipinski definition) is 2. The van der Waals surface area contributed by atoms with Crippen LogP contribution in [0.3, 0.4) is 0 Å². The van der Waals surface area contributed by atoms with Crippen LogP contribution in [0.5, 0.6) is 0 Å². The van der Waals surface area contributed by atoms with E-state index in [1.165, 1.54) is 5.56 Å². The Hall–Kier alpha value is -2.00. The molecule has 0 radical (unpaired) electrons. The molecule has 3 rings (SSSR count). The molecule has 1 atom stereocenters. The van der Waals surface area contributed by atoms with Crippen LogP contribution < -0.4 is 5.32 Å². The molecule has 3 heteroatoms. The number of hydrogen-bond donors (Lipinski definition) is 1. The quantitative estimate of drug-likeness (QED) is 0.708. The molecule has 1 heterocycles. The summed E-state index contributed by atoms with van der Waals surface area (Å²) in [6, 6.07) is 22.2. The van der Waals surface area contributed by atoms with Gasteiger partial charge in [0.2, 0.25) is 0 Å². The van der Waals surface area contributed by atoms with Crippen LogP contribution in [0.4, 0.5) is 5.69 Å². The number of para-hydroxylation sites is 1. The summed E-state index contributed by atoms with van der Waals surface area (Å²) in [5.41, 5.74) is 2.20. The van der Waals surface area contributed by atoms with E-state index in [0.29, 0.717) is 0 Å². The Bertz CT molecular complexity index is 664. The second-order valence-corrected chi connectivity index (χ2v) is 5.34. The minimum Gasteiger partial charge on any atom is -0.467 e. The second kappa shape index (κ2) is 5.97. The lowest BCUT2D eigenvalue weighted by Crippen LogP contribution is -2.11. The van der Waals surface area contributed by atoms with E-state index in [2.05, 4.69) is 33.4 Å². The van der Waals surface area contributed by atoms with Crippen molar-refractivity contribution >= 4 is 21.6 Å². The van der Waals surface area contributed by atoms with Crippen LogP contribution in [0.15, 0.2) is 81.9 Å². The molecule has 0 aliphatic rings. The molecule has 3 aromatic rings. The number of halogens is 1. The maximum Gasteiger partial charge on any atom is 0.130 e. The Labute approximate surface area is 126 Å². The van der Waals surface area contributed by atoms with Crippen LogP contribution in [0.25, 0.3) is 0 Å². The van der Waals surface area contributed by atoms with Gasteiger partial charge in [0.05, 0.1) is 6.26 Å². The molecular formula is C17H14BrNO. The van der Waals surface area contributed by atoms with E-state index in [4.69, 9.17) is 4.42 Å². The van der Waals surface area contributed by atoms with E-state index in [1.54, 1.807) is 6.26 Å². The first-order valence-electron chi connectivity index (χ1n) is 6.44. The molecule has 1 aromatic heterocycles. The monoisotopic (exact) mass is 327 g/mol. The predicted molar refractivity (Wildman–Crippen MR) is 84.8 cm³/mol. The van der Waals surface area contributed by atoms with Crippen LogP contribution in [-0.4, -0.2) is 0 Å². The Kier molecular flexibility index (Phi) is 3.88. The van der Waals surface area contributed by atoms with Crippen LogP contribution in [0.2, 0.25) is 0 Å². The summed E-state index contributed by atoms with van der Waals surface area (Å²) < 4.78 is 6.62. The lowest BCUT2D eigenvalue weighted by atomic mass is 10.0. The second-order valence-electron chi connectivity index (χ2n) is 4.48. The molecule has 0 saturated carbocycles. The highest BCUT2D eigenvalue weighted by atomic mass is 79.9. The predicted octanol–water partition coefficient (Wildman–Crippen LogP) is 5.24. The summed E-state index contributed by atoms with van der Waals surface area (Å²) in [7, 11) is 0. The Balaban J connectivity index is 1.97. The molecule has 0 aliphatic heterocycles. The molecule has 100 valence electrons. The Morgan fingerprint density at radius 3 is 2.30 bits per heavy atom. The highest BCUT2D eigenvalue weighted by molar-refractivity contribution is 9.10. The van der Waals surface area contributed by atoms with E-state index in [1.807, 2.05) is 54.6 Å². The van der Waals surface area contributed by atoms with Gasteiger partial charge in [0.15, 0.2) is 0 Å². The van der Waals surface area contributed by atoms with Crippen LogP contribution in [0.1, 0.15) is 17.4 Å². The first-order chi connectivity index (χ1) is 9.84. The fraction of sp³-hybridized carbons (Fsp3) is 0.0588. The molecule has 0 spiro atoms. The van der Waals surface area contributed by atoms with Crippen LogP contribution >= 0.6 is 15.9 Å². The van der Waals surface area contributed by atoms with Gasteiger partial charge in [0, 0.05) is 10.2 Å². The first kappa shape index (κ1) is 13.0. The molecular weight excluding hydrogens is 314 g/mol. The van der Waals surface area contributed by atoms with Gasteiger partial charge in [-0.1, -0.05) is 42.5 Å². The lowest BCUT2D eigenvalue weighted by Gasteiger charge is -2.19. The molecule has 20 heavy (non-hydrogen) atoms. The van der Waals surface area contributed by atoms with Crippen molar-refractivity contribution in [3.63, 3.8) is 0 Å². The fourth-order valence-corrected chi connectivity index (χ4v) is 2.55. The number of nitrogens with one attached hydrogen (secondary N) is 1. The number of rotatable bonds is 4. The third kappa shape index (κ3) is 2.78. The molecule has 0 fully saturated rings. The van der Waals surface area contributed by atoms with Gasteiger partial charge in [-0.15, -0.1) is 0 Å². The van der Waals surface area contributed by atoms with Gasteiger partial charge in [0.25, 0.3) is 0 Å². The van der Waals surface area contributed by atoms with E-state index in [9.17, 15) is 0 Å². The molecule has 1 unspecified atom stereocenters. The van der Waals surface area contributed by atoms with Gasteiger partial charge >= 0.3 is 0 Å². The van der Waals surface area contributed by atoms with Gasteiger partial charge in [-0.05, 0) is 45.8 Å². The summed E-state index contributed by atoms with van der Waals surface area (Å²) in [4.78, 5) is 0. The van der Waals surface area contributed by atoms with Gasteiger partial charge < -0.3 is 9.73 Å². The maximum absolute atomic E-state index is 5.58. The van der Waals surface area contributed by atoms with Crippen molar-refractivity contribution in [3.8, 4) is 0 Å². The fourth-order valence-electron chi connectivity index (χ4n) is 2.15. The molecule has 0 aliphatic carbocycles. The van der Waals surface area contributed by atoms with E-state index in [0.717, 1.165) is 15.9 Å². The van der Waals surface area contributed by atoms with Crippen molar-refractivity contribution in [3.05, 3.63) is 88.8 Å². The number of furan rings is 1. The minimum atomic E-state index is -0.00935. The third-order valence-electron chi connectivity index (χ3n) is 3.13. The van der Waals surface area contributed by atoms with Crippen molar-refractivity contribution in [2.75, 3.05) is 5.32 Å². The normalized spacial score (nSPS) is 12.1. The lowest BCUT2D eigenvalue weighted by molar-refractivity contribution is 0.499. The maximum atomic E-state index is 5.58. The molecule has 2 nitrogen and oxygen atoms in total. The molecule has 0 amide bonds. The molecule has 0 saturated heterocycles. The molecule has 1 N–H and O–H groups in total. The zero-order valence-electron chi connectivity index (χ0n) is 10.8. The minimum absolute atomic E-state index is 0.00935. The van der Waals surface area contributed by atoms with Crippen molar-refractivity contribution < 1.29 is 4.42 Å². The topological polar surface area (TPSA) is 25.2 Å². The van der Waals surface area contributed by atoms with E-state index < -0.39 is 0 Å². The van der Waals surface area contributed by atoms with E-state index in [-0.39, 0.29) is 6.04 Å². The smallest absolute Gasteiger partial charge is 0.130 e. The van der Waals surface area contributed by atoms with Crippen molar-refractivity contribution in [2.45, 2.75) is 6.04 Å². The zero-order valence-corrected chi connectivity index (χ0v) is 12.4. The Morgan fingerprint density at radius 1 is 0.850 bits per heavy atom. The van der Waals surface area contributed by atoms with Crippen molar-refractivity contribution in [1.82, 2.24) is 0 Å². The summed E-state index contributed by atoms with van der Waals surface area (Å²) in [5.74, 6) is 0.895. The summed E-state index contributed by atoms with van der Waals surface area (Å²) in [6.45, 7) is 0. The Morgan fingerprint density at radius 2 is 1.60 bits per heavy atom. The first-order valence-corrected chi connectivity index (χ1v) is 7.23. The average Bonchev–Trinajstić information content (AvgIpc) is 3.01. The van der Waals surface area contributed by atoms with Gasteiger partial charge in [-0.3, -0.25) is 0 Å². The van der Waals surface area contributed by atoms with Crippen molar-refractivity contribution in [1.29, 1.82) is 0 Å². The average molecular weight is 328 g/mol. The van der Waals surface area contributed by atoms with Gasteiger partial charge in [-0.25, -0.2) is 0 Å². The SMILES string of the molecule is Brc1ccccc1NC(c1ccccc1)c1ccco1. The summed E-state index contributed by atoms with van der Waals surface area (Å²) in [6.07, 6.45) is 1.70. The van der Waals surface area contributed by atoms with E-state index >= 15 is 0 Å². The summed E-state index contributed by atoms with van der Waals surface area (Å²) >= 11 is 3.57. The van der Waals surface area contributed by atoms with Crippen LogP contribution in [0, 0.1) is 0 Å². The third-order valence-corrected chi connectivity index (χ3v) is 3.83. The standard InChI is InChI=1S/C17H14BrNO/c18-14-9-4-5-10-15(14)19-17(16-11-6-12-20-16)13-7-2-1-3-8-13/h1-12,17,19H. The highest BCUT2D eigenvalue weighted by Gasteiger charge is 2.17. The number of benzene rings is 2. The molecule has 0 bridgehead atoms. The largest absolute Gasteiger partial charge is 0.467 e. The van der Waals surface area contributed by atoms with Crippen molar-refractivity contribution in [2.24, 2.45) is 0 Å². The highest BCUT2D eigenvalue weighted by Crippen LogP contribution is 2.30. The van der Waals surface area contributed by atoms with Crippen LogP contribution in [-0.2, 0) is 0 Å². The number of anilines is 1. The zero-order chi connectivity index (χ0) is 13.8. The molecule has 2 aromatic carbocycles. The van der Waals surface area contributed by atoms with Gasteiger partial charge in [-0.2, -0.15) is 0 Å².